The molecule has 0 bridgehead atoms. The molecule has 0 radical (unpaired) electrons. The van der Waals surface area contributed by atoms with Crippen LogP contribution in [-0.2, 0) is 14.8 Å². The fourth-order valence-electron chi connectivity index (χ4n) is 4.29. The van der Waals surface area contributed by atoms with Crippen LogP contribution in [0, 0.1) is 12.8 Å². The molecule has 3 aromatic rings. The topological polar surface area (TPSA) is 66.5 Å². The van der Waals surface area contributed by atoms with Gasteiger partial charge >= 0.3 is 0 Å². The van der Waals surface area contributed by atoms with Gasteiger partial charge in [-0.2, -0.15) is 4.31 Å². The summed E-state index contributed by atoms with van der Waals surface area (Å²) in [6.07, 6.45) is 1.28. The lowest BCUT2D eigenvalue weighted by Crippen LogP contribution is -2.46. The van der Waals surface area contributed by atoms with E-state index in [2.05, 4.69) is 5.32 Å². The molecule has 1 fully saturated rings. The van der Waals surface area contributed by atoms with Crippen molar-refractivity contribution in [1.29, 1.82) is 0 Å². The number of hydrogen-bond acceptors (Lipinski definition) is 3. The van der Waals surface area contributed by atoms with Crippen molar-refractivity contribution in [3.8, 4) is 0 Å². The highest BCUT2D eigenvalue weighted by molar-refractivity contribution is 7.89. The normalized spacial score (nSPS) is 17.9. The molecule has 5 nitrogen and oxygen atoms in total. The van der Waals surface area contributed by atoms with Gasteiger partial charge in [-0.1, -0.05) is 66.2 Å². The van der Waals surface area contributed by atoms with E-state index in [1.165, 1.54) is 16.4 Å². The largest absolute Gasteiger partial charge is 0.345 e. The summed E-state index contributed by atoms with van der Waals surface area (Å²) in [5, 5.41) is 3.68. The first-order valence-electron chi connectivity index (χ1n) is 11.0. The summed E-state index contributed by atoms with van der Waals surface area (Å²) < 4.78 is 27.7. The molecule has 1 aliphatic rings. The van der Waals surface area contributed by atoms with Crippen LogP contribution in [0.25, 0.3) is 0 Å². The van der Waals surface area contributed by atoms with Gasteiger partial charge in [-0.25, -0.2) is 8.42 Å². The molecule has 1 amide bonds. The molecule has 0 unspecified atom stereocenters. The van der Waals surface area contributed by atoms with E-state index < -0.39 is 15.9 Å². The maximum atomic E-state index is 13.4. The SMILES string of the molecule is Cc1ccccc1[C@H](NC(=O)[C@@H]1CCCN(S(=O)(=O)c2ccc(Cl)cc2)C1)c1ccccc1. The summed E-state index contributed by atoms with van der Waals surface area (Å²) in [7, 11) is -3.69. The third-order valence-corrected chi connectivity index (χ3v) is 8.26. The number of carbonyl (C=O) groups excluding carboxylic acids is 1. The van der Waals surface area contributed by atoms with E-state index in [0.717, 1.165) is 16.7 Å². The Balaban J connectivity index is 1.55. The van der Waals surface area contributed by atoms with E-state index in [0.29, 0.717) is 24.4 Å². The summed E-state index contributed by atoms with van der Waals surface area (Å²) in [5.74, 6) is -0.556. The average molecular weight is 483 g/mol. The number of nitrogens with zero attached hydrogens (tertiary/aromatic N) is 1. The van der Waals surface area contributed by atoms with Crippen molar-refractivity contribution in [2.45, 2.75) is 30.7 Å². The molecule has 0 spiro atoms. The fourth-order valence-corrected chi connectivity index (χ4v) is 5.94. The van der Waals surface area contributed by atoms with E-state index in [1.54, 1.807) is 12.1 Å². The highest BCUT2D eigenvalue weighted by Gasteiger charge is 2.34. The Morgan fingerprint density at radius 2 is 1.67 bits per heavy atom. The summed E-state index contributed by atoms with van der Waals surface area (Å²) in [6.45, 7) is 2.58. The summed E-state index contributed by atoms with van der Waals surface area (Å²) >= 11 is 5.91. The maximum absolute atomic E-state index is 13.4. The van der Waals surface area contributed by atoms with Crippen LogP contribution in [0.1, 0.15) is 35.6 Å². The predicted molar refractivity (Wildman–Crippen MR) is 131 cm³/mol. The minimum absolute atomic E-state index is 0.136. The van der Waals surface area contributed by atoms with E-state index in [4.69, 9.17) is 11.6 Å². The summed E-state index contributed by atoms with van der Waals surface area (Å²) in [5.41, 5.74) is 3.10. The quantitative estimate of drug-likeness (QED) is 0.540. The van der Waals surface area contributed by atoms with Gasteiger partial charge in [0.2, 0.25) is 15.9 Å². The van der Waals surface area contributed by atoms with Crippen LogP contribution in [0.2, 0.25) is 5.02 Å². The number of amides is 1. The molecule has 33 heavy (non-hydrogen) atoms. The number of nitrogens with one attached hydrogen (secondary N) is 1. The molecule has 0 aliphatic carbocycles. The van der Waals surface area contributed by atoms with Gasteiger partial charge in [0, 0.05) is 18.1 Å². The Hall–Kier alpha value is -2.67. The van der Waals surface area contributed by atoms with E-state index >= 15 is 0 Å². The molecule has 0 aromatic heterocycles. The average Bonchev–Trinajstić information content (AvgIpc) is 2.84. The molecule has 3 aromatic carbocycles. The van der Waals surface area contributed by atoms with Gasteiger partial charge in [-0.3, -0.25) is 4.79 Å². The van der Waals surface area contributed by atoms with Crippen LogP contribution < -0.4 is 5.32 Å². The minimum Gasteiger partial charge on any atom is -0.345 e. The Labute approximate surface area is 200 Å². The van der Waals surface area contributed by atoms with Gasteiger partial charge in [0.25, 0.3) is 0 Å². The van der Waals surface area contributed by atoms with Crippen molar-refractivity contribution < 1.29 is 13.2 Å². The molecular weight excluding hydrogens is 456 g/mol. The molecule has 0 saturated carbocycles. The number of halogens is 1. The smallest absolute Gasteiger partial charge is 0.243 e. The van der Waals surface area contributed by atoms with E-state index in [-0.39, 0.29) is 23.4 Å². The van der Waals surface area contributed by atoms with E-state index in [9.17, 15) is 13.2 Å². The fraction of sp³-hybridized carbons (Fsp3) is 0.269. The molecule has 4 rings (SSSR count). The minimum atomic E-state index is -3.69. The van der Waals surface area contributed by atoms with Crippen molar-refractivity contribution in [2.75, 3.05) is 13.1 Å². The highest BCUT2D eigenvalue weighted by Crippen LogP contribution is 2.28. The lowest BCUT2D eigenvalue weighted by atomic mass is 9.93. The Kier molecular flexibility index (Phi) is 7.17. The van der Waals surface area contributed by atoms with Crippen molar-refractivity contribution in [2.24, 2.45) is 5.92 Å². The number of hydrogen-bond donors (Lipinski definition) is 1. The van der Waals surface area contributed by atoms with Gasteiger partial charge in [0.05, 0.1) is 16.9 Å². The Morgan fingerprint density at radius 1 is 1.00 bits per heavy atom. The molecule has 1 saturated heterocycles. The van der Waals surface area contributed by atoms with Crippen LogP contribution in [0.15, 0.2) is 83.8 Å². The van der Waals surface area contributed by atoms with Gasteiger partial charge in [0.15, 0.2) is 0 Å². The maximum Gasteiger partial charge on any atom is 0.243 e. The first-order chi connectivity index (χ1) is 15.9. The second-order valence-corrected chi connectivity index (χ2v) is 10.7. The number of sulfonamides is 1. The molecule has 1 heterocycles. The summed E-state index contributed by atoms with van der Waals surface area (Å²) in [6, 6.07) is 23.7. The van der Waals surface area contributed by atoms with Gasteiger partial charge in [-0.05, 0) is 60.7 Å². The highest BCUT2D eigenvalue weighted by atomic mass is 35.5. The van der Waals surface area contributed by atoms with Crippen LogP contribution >= 0.6 is 11.6 Å². The summed E-state index contributed by atoms with van der Waals surface area (Å²) in [4.78, 5) is 13.6. The monoisotopic (exact) mass is 482 g/mol. The lowest BCUT2D eigenvalue weighted by molar-refractivity contribution is -0.126. The zero-order valence-electron chi connectivity index (χ0n) is 18.4. The second kappa shape index (κ2) is 10.1. The van der Waals surface area contributed by atoms with Crippen LogP contribution in [-0.4, -0.2) is 31.7 Å². The molecule has 1 N–H and O–H groups in total. The zero-order chi connectivity index (χ0) is 23.4. The van der Waals surface area contributed by atoms with Crippen molar-refractivity contribution in [1.82, 2.24) is 9.62 Å². The lowest BCUT2D eigenvalue weighted by Gasteiger charge is -2.32. The van der Waals surface area contributed by atoms with E-state index in [1.807, 2.05) is 61.5 Å². The standard InChI is InChI=1S/C26H27ClN2O3S/c1-19-8-5-6-12-24(19)25(20-9-3-2-4-10-20)28-26(30)21-11-7-17-29(18-21)33(31,32)23-15-13-22(27)14-16-23/h2-6,8-10,12-16,21,25H,7,11,17-18H2,1H3,(H,28,30)/t21-,25-/m1/s1. The molecule has 2 atom stereocenters. The Bertz CT molecular complexity index is 1210. The van der Waals surface area contributed by atoms with Crippen LogP contribution in [0.4, 0.5) is 0 Å². The first kappa shape index (κ1) is 23.5. The number of rotatable bonds is 6. The second-order valence-electron chi connectivity index (χ2n) is 8.36. The molecule has 7 heteroatoms. The number of piperidine rings is 1. The van der Waals surface area contributed by atoms with Crippen molar-refractivity contribution in [3.63, 3.8) is 0 Å². The molecule has 1 aliphatic heterocycles. The van der Waals surface area contributed by atoms with Crippen molar-refractivity contribution in [3.05, 3.63) is 101 Å². The zero-order valence-corrected chi connectivity index (χ0v) is 20.0. The number of aryl methyl sites for hydroxylation is 1. The van der Waals surface area contributed by atoms with Crippen LogP contribution in [0.3, 0.4) is 0 Å². The van der Waals surface area contributed by atoms with Gasteiger partial charge in [0.1, 0.15) is 0 Å². The molecule has 172 valence electrons. The Morgan fingerprint density at radius 3 is 2.36 bits per heavy atom. The van der Waals surface area contributed by atoms with Gasteiger partial charge < -0.3 is 5.32 Å². The van der Waals surface area contributed by atoms with Crippen LogP contribution in [0.5, 0.6) is 0 Å². The molecular formula is C26H27ClN2O3S. The predicted octanol–water partition coefficient (Wildman–Crippen LogP) is 4.95. The number of benzene rings is 3. The third-order valence-electron chi connectivity index (χ3n) is 6.13. The van der Waals surface area contributed by atoms with Crippen molar-refractivity contribution >= 4 is 27.5 Å². The first-order valence-corrected chi connectivity index (χ1v) is 12.8. The van der Waals surface area contributed by atoms with Gasteiger partial charge in [-0.15, -0.1) is 0 Å². The third kappa shape index (κ3) is 5.29. The number of carbonyl (C=O) groups is 1.